The van der Waals surface area contributed by atoms with Gasteiger partial charge in [0.15, 0.2) is 11.5 Å². The van der Waals surface area contributed by atoms with Gasteiger partial charge >= 0.3 is 0 Å². The lowest BCUT2D eigenvalue weighted by Crippen LogP contribution is -2.50. The van der Waals surface area contributed by atoms with Crippen molar-refractivity contribution in [1.82, 2.24) is 10.3 Å². The summed E-state index contributed by atoms with van der Waals surface area (Å²) in [5.41, 5.74) is 3.11. The van der Waals surface area contributed by atoms with Gasteiger partial charge in [-0.1, -0.05) is 11.6 Å². The number of aromatic nitrogens is 1. The van der Waals surface area contributed by atoms with E-state index in [4.69, 9.17) is 13.9 Å². The van der Waals surface area contributed by atoms with Gasteiger partial charge in [0.2, 0.25) is 0 Å². The summed E-state index contributed by atoms with van der Waals surface area (Å²) in [6.07, 6.45) is 2.75. The van der Waals surface area contributed by atoms with Gasteiger partial charge in [0.05, 0.1) is 25.4 Å². The predicted molar refractivity (Wildman–Crippen MR) is 94.6 cm³/mol. The SMILES string of the molecule is CC(C)=CCO[C@H]1CCOC[C@H]1NC(=O)c1ccc2nc(C)oc2c1. The third-order valence-electron chi connectivity index (χ3n) is 4.17. The molecule has 2 heterocycles. The van der Waals surface area contributed by atoms with Crippen LogP contribution in [0.1, 0.15) is 36.5 Å². The van der Waals surface area contributed by atoms with Crippen LogP contribution in [0.2, 0.25) is 0 Å². The van der Waals surface area contributed by atoms with E-state index in [-0.39, 0.29) is 18.1 Å². The van der Waals surface area contributed by atoms with Crippen LogP contribution < -0.4 is 5.32 Å². The Balaban J connectivity index is 1.67. The van der Waals surface area contributed by atoms with E-state index in [1.165, 1.54) is 5.57 Å². The van der Waals surface area contributed by atoms with Gasteiger partial charge in [-0.05, 0) is 38.5 Å². The maximum absolute atomic E-state index is 12.6. The molecule has 134 valence electrons. The number of carbonyl (C=O) groups is 1. The summed E-state index contributed by atoms with van der Waals surface area (Å²) in [5, 5.41) is 3.02. The summed E-state index contributed by atoms with van der Waals surface area (Å²) in [6, 6.07) is 5.09. The molecule has 2 aromatic rings. The molecule has 0 saturated carbocycles. The number of amides is 1. The van der Waals surface area contributed by atoms with E-state index >= 15 is 0 Å². The molecule has 25 heavy (non-hydrogen) atoms. The molecule has 0 bridgehead atoms. The van der Waals surface area contributed by atoms with Crippen molar-refractivity contribution in [2.45, 2.75) is 39.3 Å². The summed E-state index contributed by atoms with van der Waals surface area (Å²) < 4.78 is 16.9. The second kappa shape index (κ2) is 7.80. The van der Waals surface area contributed by atoms with Crippen molar-refractivity contribution in [3.05, 3.63) is 41.3 Å². The number of fused-ring (bicyclic) bond motifs is 1. The van der Waals surface area contributed by atoms with Crippen molar-refractivity contribution < 1.29 is 18.7 Å². The van der Waals surface area contributed by atoms with Gasteiger partial charge in [-0.3, -0.25) is 4.79 Å². The van der Waals surface area contributed by atoms with Crippen LogP contribution in [0.4, 0.5) is 0 Å². The Hall–Kier alpha value is -2.18. The molecule has 3 rings (SSSR count). The number of carbonyl (C=O) groups excluding carboxylic acids is 1. The topological polar surface area (TPSA) is 73.6 Å². The fourth-order valence-electron chi connectivity index (χ4n) is 2.82. The lowest BCUT2D eigenvalue weighted by Gasteiger charge is -2.31. The molecular formula is C19H24N2O4. The van der Waals surface area contributed by atoms with E-state index < -0.39 is 0 Å². The fourth-order valence-corrected chi connectivity index (χ4v) is 2.82. The summed E-state index contributed by atoms with van der Waals surface area (Å²) in [5.74, 6) is 0.420. The quantitative estimate of drug-likeness (QED) is 0.844. The minimum absolute atomic E-state index is 0.0513. The highest BCUT2D eigenvalue weighted by Crippen LogP contribution is 2.18. The second-order valence-electron chi connectivity index (χ2n) is 6.51. The molecule has 1 aromatic heterocycles. The molecular weight excluding hydrogens is 320 g/mol. The van der Waals surface area contributed by atoms with Gasteiger partial charge in [-0.15, -0.1) is 0 Å². The van der Waals surface area contributed by atoms with Crippen LogP contribution in [-0.2, 0) is 9.47 Å². The molecule has 0 spiro atoms. The van der Waals surface area contributed by atoms with Crippen LogP contribution in [0.5, 0.6) is 0 Å². The van der Waals surface area contributed by atoms with Crippen molar-refractivity contribution in [1.29, 1.82) is 0 Å². The first-order valence-electron chi connectivity index (χ1n) is 8.53. The number of benzene rings is 1. The maximum Gasteiger partial charge on any atom is 0.251 e. The van der Waals surface area contributed by atoms with E-state index in [1.807, 2.05) is 19.9 Å². The Morgan fingerprint density at radius 1 is 1.44 bits per heavy atom. The Morgan fingerprint density at radius 3 is 3.08 bits per heavy atom. The molecule has 0 aliphatic carbocycles. The minimum atomic E-state index is -0.168. The van der Waals surface area contributed by atoms with Gasteiger partial charge in [-0.25, -0.2) is 4.98 Å². The zero-order chi connectivity index (χ0) is 17.8. The Morgan fingerprint density at radius 2 is 2.28 bits per heavy atom. The van der Waals surface area contributed by atoms with E-state index in [0.29, 0.717) is 36.9 Å². The number of allylic oxidation sites excluding steroid dienone is 1. The number of rotatable bonds is 5. The molecule has 6 heteroatoms. The van der Waals surface area contributed by atoms with Gasteiger partial charge in [0.1, 0.15) is 5.52 Å². The van der Waals surface area contributed by atoms with Crippen LogP contribution >= 0.6 is 0 Å². The minimum Gasteiger partial charge on any atom is -0.441 e. The molecule has 1 aliphatic heterocycles. The van der Waals surface area contributed by atoms with Gasteiger partial charge in [0, 0.05) is 19.1 Å². The first-order chi connectivity index (χ1) is 12.0. The van der Waals surface area contributed by atoms with E-state index in [0.717, 1.165) is 11.9 Å². The van der Waals surface area contributed by atoms with Crippen molar-refractivity contribution in [2.24, 2.45) is 0 Å². The molecule has 1 saturated heterocycles. The van der Waals surface area contributed by atoms with Crippen LogP contribution in [0.15, 0.2) is 34.3 Å². The van der Waals surface area contributed by atoms with Crippen LogP contribution in [-0.4, -0.2) is 42.9 Å². The largest absolute Gasteiger partial charge is 0.441 e. The zero-order valence-corrected chi connectivity index (χ0v) is 14.9. The van der Waals surface area contributed by atoms with Crippen molar-refractivity contribution in [3.8, 4) is 0 Å². The van der Waals surface area contributed by atoms with E-state index in [1.54, 1.807) is 25.1 Å². The molecule has 0 unspecified atom stereocenters. The Labute approximate surface area is 147 Å². The van der Waals surface area contributed by atoms with Crippen molar-refractivity contribution in [3.63, 3.8) is 0 Å². The molecule has 1 fully saturated rings. The maximum atomic E-state index is 12.6. The number of hydrogen-bond acceptors (Lipinski definition) is 5. The second-order valence-corrected chi connectivity index (χ2v) is 6.51. The normalized spacial score (nSPS) is 20.4. The average molecular weight is 344 g/mol. The fraction of sp³-hybridized carbons (Fsp3) is 0.474. The van der Waals surface area contributed by atoms with Crippen LogP contribution in [0, 0.1) is 6.92 Å². The molecule has 0 radical (unpaired) electrons. The standard InChI is InChI=1S/C19H24N2O4/c1-12(2)6-9-24-17-7-8-23-11-16(17)21-19(22)14-4-5-15-18(10-14)25-13(3)20-15/h4-6,10,16-17H,7-9,11H2,1-3H3,(H,21,22)/t16-,17+/m1/s1. The Bertz CT molecular complexity index is 777. The van der Waals surface area contributed by atoms with Gasteiger partial charge < -0.3 is 19.2 Å². The number of oxazole rings is 1. The number of nitrogens with one attached hydrogen (secondary N) is 1. The highest BCUT2D eigenvalue weighted by Gasteiger charge is 2.28. The summed E-state index contributed by atoms with van der Waals surface area (Å²) >= 11 is 0. The molecule has 6 nitrogen and oxygen atoms in total. The van der Waals surface area contributed by atoms with Crippen molar-refractivity contribution >= 4 is 17.0 Å². The molecule has 2 atom stereocenters. The smallest absolute Gasteiger partial charge is 0.251 e. The summed E-state index contributed by atoms with van der Waals surface area (Å²) in [4.78, 5) is 16.8. The third-order valence-corrected chi connectivity index (χ3v) is 4.17. The molecule has 1 aromatic carbocycles. The first-order valence-corrected chi connectivity index (χ1v) is 8.53. The molecule has 1 aliphatic rings. The lowest BCUT2D eigenvalue weighted by molar-refractivity contribution is -0.0457. The van der Waals surface area contributed by atoms with Gasteiger partial charge in [-0.2, -0.15) is 0 Å². The number of aryl methyl sites for hydroxylation is 1. The van der Waals surface area contributed by atoms with E-state index in [2.05, 4.69) is 10.3 Å². The van der Waals surface area contributed by atoms with Crippen LogP contribution in [0.25, 0.3) is 11.1 Å². The summed E-state index contributed by atoms with van der Waals surface area (Å²) in [6.45, 7) is 7.50. The monoisotopic (exact) mass is 344 g/mol. The molecule has 1 amide bonds. The van der Waals surface area contributed by atoms with Crippen LogP contribution in [0.3, 0.4) is 0 Å². The van der Waals surface area contributed by atoms with Gasteiger partial charge in [0.25, 0.3) is 5.91 Å². The Kier molecular flexibility index (Phi) is 5.50. The third kappa shape index (κ3) is 4.46. The molecule has 1 N–H and O–H groups in total. The number of nitrogens with zero attached hydrogens (tertiary/aromatic N) is 1. The van der Waals surface area contributed by atoms with Crippen molar-refractivity contribution in [2.75, 3.05) is 19.8 Å². The highest BCUT2D eigenvalue weighted by molar-refractivity contribution is 5.97. The number of hydrogen-bond donors (Lipinski definition) is 1. The first kappa shape index (κ1) is 17.6. The average Bonchev–Trinajstić information content (AvgIpc) is 2.95. The highest BCUT2D eigenvalue weighted by atomic mass is 16.5. The lowest BCUT2D eigenvalue weighted by atomic mass is 10.1. The number of ether oxygens (including phenoxy) is 2. The van der Waals surface area contributed by atoms with E-state index in [9.17, 15) is 4.79 Å². The summed E-state index contributed by atoms with van der Waals surface area (Å²) in [7, 11) is 0. The predicted octanol–water partition coefficient (Wildman–Crippen LogP) is 3.01. The zero-order valence-electron chi connectivity index (χ0n) is 14.9.